The first kappa shape index (κ1) is 20.6. The number of hydrogen-bond donors (Lipinski definition) is 0. The maximum atomic E-state index is 5.44. The summed E-state index contributed by atoms with van der Waals surface area (Å²) in [6.07, 6.45) is 1.05. The SMILES string of the molecule is CCc1ccc(-c2csc(=Nc3ccc(C(C)C)cc3)n2[C@@H](C)COC)cc1. The number of hydrogen-bond acceptors (Lipinski definition) is 3. The lowest BCUT2D eigenvalue weighted by Gasteiger charge is -2.17. The highest BCUT2D eigenvalue weighted by Gasteiger charge is 2.14. The van der Waals surface area contributed by atoms with E-state index in [0.717, 1.165) is 16.9 Å². The van der Waals surface area contributed by atoms with Crippen LogP contribution < -0.4 is 4.80 Å². The largest absolute Gasteiger partial charge is 0.383 e. The van der Waals surface area contributed by atoms with Gasteiger partial charge in [0.1, 0.15) is 0 Å². The molecule has 0 aliphatic carbocycles. The van der Waals surface area contributed by atoms with Gasteiger partial charge < -0.3 is 9.30 Å². The molecule has 4 heteroatoms. The van der Waals surface area contributed by atoms with E-state index in [4.69, 9.17) is 9.73 Å². The van der Waals surface area contributed by atoms with Gasteiger partial charge in [-0.1, -0.05) is 57.2 Å². The Morgan fingerprint density at radius 3 is 2.25 bits per heavy atom. The molecule has 0 radical (unpaired) electrons. The van der Waals surface area contributed by atoms with Crippen LogP contribution in [0.15, 0.2) is 58.9 Å². The van der Waals surface area contributed by atoms with Gasteiger partial charge in [-0.3, -0.25) is 0 Å². The molecule has 2 aromatic carbocycles. The van der Waals surface area contributed by atoms with Crippen molar-refractivity contribution in [3.8, 4) is 11.3 Å². The summed E-state index contributed by atoms with van der Waals surface area (Å²) in [5.74, 6) is 0.528. The van der Waals surface area contributed by atoms with Gasteiger partial charge in [0.2, 0.25) is 0 Å². The molecule has 28 heavy (non-hydrogen) atoms. The van der Waals surface area contributed by atoms with Crippen LogP contribution in [-0.2, 0) is 11.2 Å². The predicted molar refractivity (Wildman–Crippen MR) is 119 cm³/mol. The average Bonchev–Trinajstić information content (AvgIpc) is 3.12. The zero-order valence-corrected chi connectivity index (χ0v) is 18.3. The molecule has 1 aromatic heterocycles. The van der Waals surface area contributed by atoms with Crippen LogP contribution in [0, 0.1) is 0 Å². The molecule has 0 saturated carbocycles. The normalized spacial score (nSPS) is 13.3. The molecule has 0 spiro atoms. The van der Waals surface area contributed by atoms with Crippen molar-refractivity contribution < 1.29 is 4.74 Å². The minimum absolute atomic E-state index is 0.200. The van der Waals surface area contributed by atoms with Gasteiger partial charge in [0.05, 0.1) is 24.0 Å². The lowest BCUT2D eigenvalue weighted by atomic mass is 10.0. The minimum atomic E-state index is 0.200. The van der Waals surface area contributed by atoms with E-state index in [1.165, 1.54) is 22.4 Å². The summed E-state index contributed by atoms with van der Waals surface area (Å²) in [6, 6.07) is 17.6. The van der Waals surface area contributed by atoms with Gasteiger partial charge in [-0.15, -0.1) is 11.3 Å². The summed E-state index contributed by atoms with van der Waals surface area (Å²) in [4.78, 5) is 5.95. The Morgan fingerprint density at radius 1 is 1.00 bits per heavy atom. The van der Waals surface area contributed by atoms with Gasteiger partial charge in [-0.2, -0.15) is 0 Å². The van der Waals surface area contributed by atoms with Gasteiger partial charge in [0.25, 0.3) is 0 Å². The Balaban J connectivity index is 2.06. The van der Waals surface area contributed by atoms with E-state index in [1.54, 1.807) is 18.4 Å². The van der Waals surface area contributed by atoms with E-state index < -0.39 is 0 Å². The predicted octanol–water partition coefficient (Wildman–Crippen LogP) is 6.34. The number of thiazole rings is 1. The molecule has 148 valence electrons. The zero-order valence-electron chi connectivity index (χ0n) is 17.5. The summed E-state index contributed by atoms with van der Waals surface area (Å²) < 4.78 is 7.74. The molecule has 3 aromatic rings. The third-order valence-corrected chi connectivity index (χ3v) is 5.87. The van der Waals surface area contributed by atoms with Crippen LogP contribution in [-0.4, -0.2) is 18.3 Å². The fourth-order valence-corrected chi connectivity index (χ4v) is 4.33. The van der Waals surface area contributed by atoms with Crippen LogP contribution >= 0.6 is 11.3 Å². The van der Waals surface area contributed by atoms with Crippen LogP contribution in [0.1, 0.15) is 50.8 Å². The Hall–Kier alpha value is -2.17. The molecular formula is C24H30N2OS. The monoisotopic (exact) mass is 394 g/mol. The molecule has 0 N–H and O–H groups in total. The highest BCUT2D eigenvalue weighted by atomic mass is 32.1. The number of rotatable bonds is 7. The van der Waals surface area contributed by atoms with E-state index in [9.17, 15) is 0 Å². The highest BCUT2D eigenvalue weighted by molar-refractivity contribution is 7.07. The van der Waals surface area contributed by atoms with E-state index in [1.807, 2.05) is 0 Å². The molecule has 0 unspecified atom stereocenters. The molecule has 0 fully saturated rings. The minimum Gasteiger partial charge on any atom is -0.383 e. The van der Waals surface area contributed by atoms with Gasteiger partial charge in [-0.25, -0.2) is 4.99 Å². The van der Waals surface area contributed by atoms with Crippen molar-refractivity contribution in [1.29, 1.82) is 0 Å². The van der Waals surface area contributed by atoms with E-state index in [-0.39, 0.29) is 6.04 Å². The topological polar surface area (TPSA) is 26.5 Å². The van der Waals surface area contributed by atoms with Crippen LogP contribution in [0.2, 0.25) is 0 Å². The summed E-state index contributed by atoms with van der Waals surface area (Å²) >= 11 is 1.68. The fourth-order valence-electron chi connectivity index (χ4n) is 3.31. The van der Waals surface area contributed by atoms with Gasteiger partial charge >= 0.3 is 0 Å². The Kier molecular flexibility index (Phi) is 6.87. The lowest BCUT2D eigenvalue weighted by Crippen LogP contribution is -2.23. The third-order valence-electron chi connectivity index (χ3n) is 5.03. The van der Waals surface area contributed by atoms with Crippen molar-refractivity contribution in [3.05, 3.63) is 69.8 Å². The van der Waals surface area contributed by atoms with Gasteiger partial charge in [0, 0.05) is 12.5 Å². The molecular weight excluding hydrogens is 364 g/mol. The molecule has 1 heterocycles. The number of benzene rings is 2. The van der Waals surface area contributed by atoms with Gasteiger partial charge in [-0.05, 0) is 48.1 Å². The number of aryl methyl sites for hydroxylation is 1. The molecule has 0 amide bonds. The molecule has 0 aliphatic heterocycles. The molecule has 0 saturated heterocycles. The molecule has 1 atom stereocenters. The van der Waals surface area contributed by atoms with Crippen LogP contribution in [0.4, 0.5) is 5.69 Å². The molecule has 3 rings (SSSR count). The van der Waals surface area contributed by atoms with Gasteiger partial charge in [0.15, 0.2) is 4.80 Å². The summed E-state index contributed by atoms with van der Waals surface area (Å²) in [6.45, 7) is 9.43. The first-order valence-corrected chi connectivity index (χ1v) is 10.8. The van der Waals surface area contributed by atoms with Crippen molar-refractivity contribution >= 4 is 17.0 Å². The van der Waals surface area contributed by atoms with Crippen LogP contribution in [0.25, 0.3) is 11.3 Å². The zero-order chi connectivity index (χ0) is 20.1. The fraction of sp³-hybridized carbons (Fsp3) is 0.375. The smallest absolute Gasteiger partial charge is 0.190 e. The Morgan fingerprint density at radius 2 is 1.68 bits per heavy atom. The van der Waals surface area contributed by atoms with Crippen molar-refractivity contribution in [2.75, 3.05) is 13.7 Å². The first-order valence-electron chi connectivity index (χ1n) is 9.96. The van der Waals surface area contributed by atoms with Crippen molar-refractivity contribution in [2.45, 2.75) is 46.1 Å². The molecule has 0 bridgehead atoms. The highest BCUT2D eigenvalue weighted by Crippen LogP contribution is 2.25. The number of methoxy groups -OCH3 is 1. The second-order valence-electron chi connectivity index (χ2n) is 7.49. The van der Waals surface area contributed by atoms with E-state index >= 15 is 0 Å². The molecule has 3 nitrogen and oxygen atoms in total. The van der Waals surface area contributed by atoms with E-state index in [0.29, 0.717) is 12.5 Å². The average molecular weight is 395 g/mol. The number of ether oxygens (including phenoxy) is 1. The number of nitrogens with zero attached hydrogens (tertiary/aromatic N) is 2. The first-order chi connectivity index (χ1) is 13.5. The summed E-state index contributed by atoms with van der Waals surface area (Å²) in [5.41, 5.74) is 6.08. The third kappa shape index (κ3) is 4.62. The Bertz CT molecular complexity index is 950. The second-order valence-corrected chi connectivity index (χ2v) is 8.32. The van der Waals surface area contributed by atoms with Crippen molar-refractivity contribution in [3.63, 3.8) is 0 Å². The summed E-state index contributed by atoms with van der Waals surface area (Å²) in [5, 5.41) is 2.20. The van der Waals surface area contributed by atoms with Crippen LogP contribution in [0.5, 0.6) is 0 Å². The molecule has 0 aliphatic rings. The second kappa shape index (κ2) is 9.35. The lowest BCUT2D eigenvalue weighted by molar-refractivity contribution is 0.162. The van der Waals surface area contributed by atoms with E-state index in [2.05, 4.69) is 86.2 Å². The number of aromatic nitrogens is 1. The van der Waals surface area contributed by atoms with Crippen LogP contribution in [0.3, 0.4) is 0 Å². The summed E-state index contributed by atoms with van der Waals surface area (Å²) in [7, 11) is 1.75. The van der Waals surface area contributed by atoms with Crippen molar-refractivity contribution in [1.82, 2.24) is 4.57 Å². The Labute approximate surface area is 172 Å². The standard InChI is InChI=1S/C24H30N2OS/c1-6-19-7-9-21(10-8-19)23-16-28-24(26(23)18(4)15-27-5)25-22-13-11-20(12-14-22)17(2)3/h7-14,16-18H,6,15H2,1-5H3/t18-/m0/s1. The van der Waals surface area contributed by atoms with Crippen molar-refractivity contribution in [2.24, 2.45) is 4.99 Å². The maximum absolute atomic E-state index is 5.44. The maximum Gasteiger partial charge on any atom is 0.190 e. The quantitative estimate of drug-likeness (QED) is 0.459.